The van der Waals surface area contributed by atoms with Crippen LogP contribution < -0.4 is 0 Å². The molecule has 4 heterocycles. The number of aryl methyl sites for hydroxylation is 1. The van der Waals surface area contributed by atoms with Crippen LogP contribution >= 0.6 is 0 Å². The highest BCUT2D eigenvalue weighted by Gasteiger charge is 2.35. The van der Waals surface area contributed by atoms with E-state index in [0.29, 0.717) is 17.5 Å². The number of allylic oxidation sites excluding steroid dienone is 1. The summed E-state index contributed by atoms with van der Waals surface area (Å²) in [5.41, 5.74) is 2.14. The average Bonchev–Trinajstić information content (AvgIpc) is 2.85. The van der Waals surface area contributed by atoms with Crippen molar-refractivity contribution in [3.05, 3.63) is 88.3 Å². The molecule has 0 N–H and O–H groups in total. The highest BCUT2D eigenvalue weighted by atomic mass is 19.1. The van der Waals surface area contributed by atoms with Gasteiger partial charge in [-0.25, -0.2) is 8.78 Å². The third-order valence-electron chi connectivity index (χ3n) is 6.95. The predicted molar refractivity (Wildman–Crippen MR) is 132 cm³/mol. The van der Waals surface area contributed by atoms with Crippen molar-refractivity contribution >= 4 is 5.90 Å². The second-order valence-electron chi connectivity index (χ2n) is 9.52. The van der Waals surface area contributed by atoms with Gasteiger partial charge in [0, 0.05) is 49.1 Å². The number of aliphatic imine (C=N–C) groups is 1. The summed E-state index contributed by atoms with van der Waals surface area (Å²) in [6.45, 7) is 5.99. The van der Waals surface area contributed by atoms with Gasteiger partial charge in [-0.1, -0.05) is 6.92 Å². The molecular weight excluding hydrogens is 446 g/mol. The lowest BCUT2D eigenvalue weighted by Gasteiger charge is -2.49. The Morgan fingerprint density at radius 2 is 1.91 bits per heavy atom. The van der Waals surface area contributed by atoms with Gasteiger partial charge in [-0.3, -0.25) is 4.98 Å². The van der Waals surface area contributed by atoms with E-state index in [0.717, 1.165) is 48.8 Å². The first-order chi connectivity index (χ1) is 17.0. The molecule has 0 amide bonds. The fourth-order valence-electron chi connectivity index (χ4n) is 5.25. The van der Waals surface area contributed by atoms with Gasteiger partial charge in [0.05, 0.1) is 0 Å². The standard InChI is InChI=1S/C28H32F2N4O/c1-3-6-26-32-27(17-28-33-11-5-4-7-22(33)9-12-34(26)28)35-18-21-15-24(29)23(25(30)16-21)14-20-8-10-31-19(2)13-20/h6,8,10,13,15-17,22H,3-5,7,9,11-12,14,18H2,1-2H3/b26-6-. The molecule has 5 rings (SSSR count). The van der Waals surface area contributed by atoms with Crippen LogP contribution in [0, 0.1) is 18.6 Å². The van der Waals surface area contributed by atoms with E-state index in [4.69, 9.17) is 9.73 Å². The van der Waals surface area contributed by atoms with Gasteiger partial charge in [0.25, 0.3) is 0 Å². The maximum atomic E-state index is 14.9. The zero-order valence-corrected chi connectivity index (χ0v) is 20.4. The van der Waals surface area contributed by atoms with Crippen LogP contribution in [0.2, 0.25) is 0 Å². The van der Waals surface area contributed by atoms with Gasteiger partial charge < -0.3 is 14.5 Å². The molecule has 0 saturated carbocycles. The zero-order valence-electron chi connectivity index (χ0n) is 20.4. The van der Waals surface area contributed by atoms with Gasteiger partial charge in [0.15, 0.2) is 0 Å². The number of benzene rings is 1. The number of halogens is 2. The molecular formula is C28H32F2N4O. The van der Waals surface area contributed by atoms with Crippen LogP contribution in [0.5, 0.6) is 0 Å². The molecule has 3 aliphatic rings. The molecule has 5 nitrogen and oxygen atoms in total. The average molecular weight is 479 g/mol. The molecule has 2 aromatic rings. The molecule has 3 aliphatic heterocycles. The minimum absolute atomic E-state index is 0.0495. The summed E-state index contributed by atoms with van der Waals surface area (Å²) >= 11 is 0. The predicted octanol–water partition coefficient (Wildman–Crippen LogP) is 5.84. The maximum absolute atomic E-state index is 14.9. The van der Waals surface area contributed by atoms with E-state index in [9.17, 15) is 8.78 Å². The fourth-order valence-corrected chi connectivity index (χ4v) is 5.25. The molecule has 0 bridgehead atoms. The summed E-state index contributed by atoms with van der Waals surface area (Å²) in [6, 6.07) is 6.90. The number of rotatable bonds is 5. The quantitative estimate of drug-likeness (QED) is 0.541. The summed E-state index contributed by atoms with van der Waals surface area (Å²) in [6.07, 6.45) is 11.6. The van der Waals surface area contributed by atoms with Gasteiger partial charge >= 0.3 is 0 Å². The number of aromatic nitrogens is 1. The van der Waals surface area contributed by atoms with E-state index >= 15 is 0 Å². The molecule has 2 fully saturated rings. The van der Waals surface area contributed by atoms with Gasteiger partial charge in [0.2, 0.25) is 5.90 Å². The van der Waals surface area contributed by atoms with E-state index in [1.165, 1.54) is 31.4 Å². The molecule has 7 heteroatoms. The molecule has 184 valence electrons. The van der Waals surface area contributed by atoms with Crippen molar-refractivity contribution in [2.75, 3.05) is 13.1 Å². The van der Waals surface area contributed by atoms with E-state index in [1.807, 2.05) is 19.1 Å². The minimum atomic E-state index is -0.566. The van der Waals surface area contributed by atoms with Crippen molar-refractivity contribution in [3.63, 3.8) is 0 Å². The number of hydrogen-bond donors (Lipinski definition) is 0. The number of hydrogen-bond acceptors (Lipinski definition) is 5. The molecule has 2 saturated heterocycles. The summed E-state index contributed by atoms with van der Waals surface area (Å²) in [4.78, 5) is 13.6. The van der Waals surface area contributed by atoms with Crippen molar-refractivity contribution in [2.24, 2.45) is 4.99 Å². The summed E-state index contributed by atoms with van der Waals surface area (Å²) in [5, 5.41) is 0. The van der Waals surface area contributed by atoms with Gasteiger partial charge in [-0.05, 0) is 80.5 Å². The minimum Gasteiger partial charge on any atom is -0.473 e. The maximum Gasteiger partial charge on any atom is 0.219 e. The smallest absolute Gasteiger partial charge is 0.219 e. The monoisotopic (exact) mass is 478 g/mol. The van der Waals surface area contributed by atoms with Crippen molar-refractivity contribution in [1.29, 1.82) is 0 Å². The number of ether oxygens (including phenoxy) is 1. The van der Waals surface area contributed by atoms with Crippen molar-refractivity contribution in [3.8, 4) is 0 Å². The molecule has 35 heavy (non-hydrogen) atoms. The molecule has 1 aromatic carbocycles. The summed E-state index contributed by atoms with van der Waals surface area (Å²) < 4.78 is 35.7. The van der Waals surface area contributed by atoms with E-state index in [2.05, 4.69) is 27.8 Å². The lowest BCUT2D eigenvalue weighted by atomic mass is 9.96. The van der Waals surface area contributed by atoms with Gasteiger partial charge in [-0.2, -0.15) is 4.99 Å². The molecule has 1 aromatic heterocycles. The zero-order chi connectivity index (χ0) is 24.4. The number of fused-ring (bicyclic) bond motifs is 3. The second-order valence-corrected chi connectivity index (χ2v) is 9.52. The Morgan fingerprint density at radius 3 is 2.69 bits per heavy atom. The van der Waals surface area contributed by atoms with E-state index < -0.39 is 11.6 Å². The molecule has 0 spiro atoms. The van der Waals surface area contributed by atoms with Crippen LogP contribution in [-0.2, 0) is 17.8 Å². The Hall–Kier alpha value is -3.22. The normalized spacial score (nSPS) is 20.8. The van der Waals surface area contributed by atoms with E-state index in [-0.39, 0.29) is 18.6 Å². The van der Waals surface area contributed by atoms with Crippen molar-refractivity contribution in [2.45, 2.75) is 65.0 Å². The Balaban J connectivity index is 1.33. The molecule has 1 unspecified atom stereocenters. The Bertz CT molecular complexity index is 1170. The Morgan fingerprint density at radius 1 is 1.09 bits per heavy atom. The van der Waals surface area contributed by atoms with Crippen LogP contribution in [0.15, 0.2) is 59.2 Å². The Labute approximate surface area is 205 Å². The van der Waals surface area contributed by atoms with Gasteiger partial charge in [0.1, 0.15) is 29.9 Å². The lowest BCUT2D eigenvalue weighted by molar-refractivity contribution is 0.0896. The van der Waals surface area contributed by atoms with Gasteiger partial charge in [-0.15, -0.1) is 0 Å². The fraction of sp³-hybridized carbons (Fsp3) is 0.429. The Kier molecular flexibility index (Phi) is 6.84. The lowest BCUT2D eigenvalue weighted by Crippen LogP contribution is -2.51. The van der Waals surface area contributed by atoms with E-state index in [1.54, 1.807) is 12.3 Å². The topological polar surface area (TPSA) is 41.0 Å². The first-order valence-corrected chi connectivity index (χ1v) is 12.6. The second kappa shape index (κ2) is 10.2. The largest absolute Gasteiger partial charge is 0.473 e. The third kappa shape index (κ3) is 5.09. The molecule has 1 atom stereocenters. The van der Waals surface area contributed by atoms with Crippen LogP contribution in [0.3, 0.4) is 0 Å². The first kappa shape index (κ1) is 23.5. The first-order valence-electron chi connectivity index (χ1n) is 12.6. The third-order valence-corrected chi connectivity index (χ3v) is 6.95. The van der Waals surface area contributed by atoms with Crippen LogP contribution in [0.25, 0.3) is 0 Å². The van der Waals surface area contributed by atoms with Crippen LogP contribution in [0.1, 0.15) is 61.4 Å². The highest BCUT2D eigenvalue weighted by molar-refractivity contribution is 5.90. The van der Waals surface area contributed by atoms with Crippen molar-refractivity contribution in [1.82, 2.24) is 14.8 Å². The van der Waals surface area contributed by atoms with Crippen molar-refractivity contribution < 1.29 is 13.5 Å². The summed E-state index contributed by atoms with van der Waals surface area (Å²) in [5.74, 6) is 1.38. The molecule has 0 radical (unpaired) electrons. The number of piperidine rings is 1. The molecule has 0 aliphatic carbocycles. The number of pyridine rings is 1. The number of nitrogens with zero attached hydrogens (tertiary/aromatic N) is 4. The summed E-state index contributed by atoms with van der Waals surface area (Å²) in [7, 11) is 0. The van der Waals surface area contributed by atoms with Crippen LogP contribution in [-0.4, -0.2) is 39.8 Å². The highest BCUT2D eigenvalue weighted by Crippen LogP contribution is 2.35. The SMILES string of the molecule is CC/C=C1/N=C(OCc2cc(F)c(Cc3ccnc(C)c3)c(F)c2)C=C2N1CCC1CCCCN21. The van der Waals surface area contributed by atoms with Crippen LogP contribution in [0.4, 0.5) is 8.78 Å².